The zero-order valence-electron chi connectivity index (χ0n) is 12.5. The van der Waals surface area contributed by atoms with Crippen LogP contribution in [0.3, 0.4) is 0 Å². The van der Waals surface area contributed by atoms with Crippen molar-refractivity contribution < 1.29 is 9.53 Å². The second-order valence-corrected chi connectivity index (χ2v) is 5.32. The summed E-state index contributed by atoms with van der Waals surface area (Å²) < 4.78 is 5.57. The Balaban J connectivity index is 1.97. The van der Waals surface area contributed by atoms with Gasteiger partial charge >= 0.3 is 0 Å². The van der Waals surface area contributed by atoms with E-state index in [4.69, 9.17) is 21.6 Å². The quantitative estimate of drug-likeness (QED) is 0.412. The number of halogens is 1. The summed E-state index contributed by atoms with van der Waals surface area (Å²) in [6.45, 7) is 0.504. The second kappa shape index (κ2) is 8.77. The monoisotopic (exact) mass is 325 g/mol. The SMILES string of the molecule is N#CCCCOc1cccc(/C=C/C(=O)c2ccc(Cl)cc2)c1. The highest BCUT2D eigenvalue weighted by atomic mass is 35.5. The lowest BCUT2D eigenvalue weighted by Gasteiger charge is -2.05. The first-order valence-electron chi connectivity index (χ1n) is 7.27. The van der Waals surface area contributed by atoms with Crippen molar-refractivity contribution in [2.24, 2.45) is 0 Å². The van der Waals surface area contributed by atoms with E-state index < -0.39 is 0 Å². The molecule has 23 heavy (non-hydrogen) atoms. The molecule has 116 valence electrons. The van der Waals surface area contributed by atoms with Gasteiger partial charge in [-0.25, -0.2) is 0 Å². The number of ketones is 1. The normalized spacial score (nSPS) is 10.4. The van der Waals surface area contributed by atoms with Crippen LogP contribution in [0.15, 0.2) is 54.6 Å². The van der Waals surface area contributed by atoms with Crippen molar-refractivity contribution in [1.82, 2.24) is 0 Å². The van der Waals surface area contributed by atoms with Gasteiger partial charge in [-0.2, -0.15) is 5.26 Å². The van der Waals surface area contributed by atoms with Crippen LogP contribution in [0, 0.1) is 11.3 Å². The molecule has 0 radical (unpaired) electrons. The summed E-state index contributed by atoms with van der Waals surface area (Å²) in [5.74, 6) is 0.644. The molecule has 0 fully saturated rings. The summed E-state index contributed by atoms with van der Waals surface area (Å²) in [6.07, 6.45) is 4.46. The second-order valence-electron chi connectivity index (χ2n) is 4.89. The fraction of sp³-hybridized carbons (Fsp3) is 0.158. The van der Waals surface area contributed by atoms with Gasteiger partial charge in [0.1, 0.15) is 5.75 Å². The first kappa shape index (κ1) is 16.8. The number of allylic oxidation sites excluding steroid dienone is 1. The Labute approximate surface area is 140 Å². The molecule has 0 bridgehead atoms. The van der Waals surface area contributed by atoms with Gasteiger partial charge in [0.25, 0.3) is 0 Å². The van der Waals surface area contributed by atoms with Gasteiger partial charge in [0.2, 0.25) is 0 Å². The number of ether oxygens (including phenoxy) is 1. The molecular weight excluding hydrogens is 310 g/mol. The Morgan fingerprint density at radius 3 is 2.74 bits per heavy atom. The van der Waals surface area contributed by atoms with Gasteiger partial charge in [0.15, 0.2) is 5.78 Å². The molecule has 0 aliphatic heterocycles. The highest BCUT2D eigenvalue weighted by Crippen LogP contribution is 2.16. The van der Waals surface area contributed by atoms with Crippen LogP contribution in [0.5, 0.6) is 5.75 Å². The fourth-order valence-electron chi connectivity index (χ4n) is 1.93. The van der Waals surface area contributed by atoms with Crippen molar-refractivity contribution in [3.63, 3.8) is 0 Å². The van der Waals surface area contributed by atoms with Gasteiger partial charge in [-0.15, -0.1) is 0 Å². The number of nitrogens with zero attached hydrogens (tertiary/aromatic N) is 1. The lowest BCUT2D eigenvalue weighted by molar-refractivity contribution is 0.104. The molecular formula is C19H16ClNO2. The van der Waals surface area contributed by atoms with Crippen LogP contribution in [-0.4, -0.2) is 12.4 Å². The van der Waals surface area contributed by atoms with Gasteiger partial charge in [-0.05, 0) is 54.5 Å². The van der Waals surface area contributed by atoms with Crippen molar-refractivity contribution in [3.8, 4) is 11.8 Å². The summed E-state index contributed by atoms with van der Waals surface area (Å²) in [6, 6.07) is 16.3. The minimum Gasteiger partial charge on any atom is -0.494 e. The number of nitriles is 1. The Morgan fingerprint density at radius 1 is 1.22 bits per heavy atom. The maximum absolute atomic E-state index is 12.1. The Kier molecular flexibility index (Phi) is 6.40. The van der Waals surface area contributed by atoms with E-state index in [0.29, 0.717) is 30.0 Å². The van der Waals surface area contributed by atoms with E-state index in [-0.39, 0.29) is 5.78 Å². The topological polar surface area (TPSA) is 50.1 Å². The van der Waals surface area contributed by atoms with E-state index in [2.05, 4.69) is 6.07 Å². The third kappa shape index (κ3) is 5.61. The predicted molar refractivity (Wildman–Crippen MR) is 91.6 cm³/mol. The number of benzene rings is 2. The number of unbranched alkanes of at least 4 members (excludes halogenated alkanes) is 1. The molecule has 4 heteroatoms. The van der Waals surface area contributed by atoms with Gasteiger partial charge in [0, 0.05) is 17.0 Å². The van der Waals surface area contributed by atoms with Crippen LogP contribution in [0.1, 0.15) is 28.8 Å². The van der Waals surface area contributed by atoms with E-state index >= 15 is 0 Å². The number of hydrogen-bond acceptors (Lipinski definition) is 3. The van der Waals surface area contributed by atoms with Gasteiger partial charge in [0.05, 0.1) is 12.7 Å². The zero-order valence-corrected chi connectivity index (χ0v) is 13.3. The van der Waals surface area contributed by atoms with E-state index in [0.717, 1.165) is 11.3 Å². The molecule has 0 unspecified atom stereocenters. The largest absolute Gasteiger partial charge is 0.494 e. The molecule has 0 heterocycles. The van der Waals surface area contributed by atoms with Gasteiger partial charge in [-0.1, -0.05) is 29.8 Å². The highest BCUT2D eigenvalue weighted by Gasteiger charge is 2.01. The molecule has 2 rings (SSSR count). The van der Waals surface area contributed by atoms with Crippen LogP contribution in [0.25, 0.3) is 6.08 Å². The summed E-state index contributed by atoms with van der Waals surface area (Å²) in [5.41, 5.74) is 1.47. The van der Waals surface area contributed by atoms with E-state index in [1.165, 1.54) is 6.08 Å². The first-order valence-corrected chi connectivity index (χ1v) is 7.64. The van der Waals surface area contributed by atoms with Crippen LogP contribution < -0.4 is 4.74 Å². The Bertz CT molecular complexity index is 730. The average Bonchev–Trinajstić information content (AvgIpc) is 2.58. The molecule has 2 aromatic carbocycles. The molecule has 0 atom stereocenters. The van der Waals surface area contributed by atoms with Gasteiger partial charge < -0.3 is 4.74 Å². The molecule has 0 amide bonds. The third-order valence-corrected chi connectivity index (χ3v) is 3.37. The third-order valence-electron chi connectivity index (χ3n) is 3.12. The molecule has 0 saturated heterocycles. The van der Waals surface area contributed by atoms with Crippen molar-refractivity contribution in [2.45, 2.75) is 12.8 Å². The van der Waals surface area contributed by atoms with Crippen molar-refractivity contribution in [2.75, 3.05) is 6.61 Å². The number of rotatable bonds is 7. The number of carbonyl (C=O) groups is 1. The maximum Gasteiger partial charge on any atom is 0.185 e. The lowest BCUT2D eigenvalue weighted by Crippen LogP contribution is -1.96. The molecule has 0 spiro atoms. The smallest absolute Gasteiger partial charge is 0.185 e. The van der Waals surface area contributed by atoms with Crippen LogP contribution in [0.4, 0.5) is 0 Å². The van der Waals surface area contributed by atoms with Crippen LogP contribution >= 0.6 is 11.6 Å². The summed E-state index contributed by atoms with van der Waals surface area (Å²) >= 11 is 5.81. The Morgan fingerprint density at radius 2 is 2.00 bits per heavy atom. The van der Waals surface area contributed by atoms with Crippen LogP contribution in [-0.2, 0) is 0 Å². The predicted octanol–water partition coefficient (Wildman–Crippen LogP) is 4.92. The van der Waals surface area contributed by atoms with Crippen molar-refractivity contribution in [1.29, 1.82) is 5.26 Å². The lowest BCUT2D eigenvalue weighted by atomic mass is 10.1. The van der Waals surface area contributed by atoms with E-state index in [9.17, 15) is 4.79 Å². The van der Waals surface area contributed by atoms with E-state index in [1.807, 2.05) is 24.3 Å². The zero-order chi connectivity index (χ0) is 16.5. The maximum atomic E-state index is 12.1. The minimum absolute atomic E-state index is 0.0815. The molecule has 0 aliphatic rings. The molecule has 0 N–H and O–H groups in total. The summed E-state index contributed by atoms with van der Waals surface area (Å²) in [7, 11) is 0. The van der Waals surface area contributed by atoms with Crippen molar-refractivity contribution >= 4 is 23.5 Å². The molecule has 0 saturated carbocycles. The average molecular weight is 326 g/mol. The standard InChI is InChI=1S/C19H16ClNO2/c20-17-9-7-16(8-10-17)19(22)11-6-15-4-3-5-18(14-15)23-13-2-1-12-21/h3-11,14H,1-2,13H2/b11-6+. The molecule has 2 aromatic rings. The van der Waals surface area contributed by atoms with Gasteiger partial charge in [-0.3, -0.25) is 4.79 Å². The van der Waals surface area contributed by atoms with E-state index in [1.54, 1.807) is 30.3 Å². The summed E-state index contributed by atoms with van der Waals surface area (Å²) in [5, 5.41) is 9.09. The highest BCUT2D eigenvalue weighted by molar-refractivity contribution is 6.30. The minimum atomic E-state index is -0.0815. The summed E-state index contributed by atoms with van der Waals surface area (Å²) in [4.78, 5) is 12.1. The first-order chi connectivity index (χ1) is 11.2. The fourth-order valence-corrected chi connectivity index (χ4v) is 2.06. The van der Waals surface area contributed by atoms with Crippen LogP contribution in [0.2, 0.25) is 5.02 Å². The number of hydrogen-bond donors (Lipinski definition) is 0. The molecule has 0 aromatic heterocycles. The van der Waals surface area contributed by atoms with Crippen molar-refractivity contribution in [3.05, 3.63) is 70.8 Å². The Hall–Kier alpha value is -2.57. The number of carbonyl (C=O) groups excluding carboxylic acids is 1. The molecule has 0 aliphatic carbocycles. The molecule has 3 nitrogen and oxygen atoms in total.